The molecule has 0 spiro atoms. The maximum Gasteiger partial charge on any atom is 0.254 e. The number of anilines is 1. The van der Waals surface area contributed by atoms with Gasteiger partial charge in [-0.2, -0.15) is 0 Å². The minimum atomic E-state index is 0.144. The third kappa shape index (κ3) is 3.50. The van der Waals surface area contributed by atoms with Crippen molar-refractivity contribution in [2.75, 3.05) is 25.0 Å². The van der Waals surface area contributed by atoms with E-state index in [2.05, 4.69) is 31.1 Å². The second kappa shape index (κ2) is 6.73. The van der Waals surface area contributed by atoms with Crippen molar-refractivity contribution in [2.45, 2.75) is 40.0 Å². The zero-order chi connectivity index (χ0) is 14.5. The number of aryl methyl sites for hydroxylation is 1. The van der Waals surface area contributed by atoms with Crippen LogP contribution in [0.5, 0.6) is 0 Å². The molecule has 0 aliphatic carbocycles. The summed E-state index contributed by atoms with van der Waals surface area (Å²) >= 11 is 0. The second-order valence-corrected chi connectivity index (χ2v) is 5.66. The Morgan fingerprint density at radius 1 is 1.45 bits per heavy atom. The van der Waals surface area contributed by atoms with Crippen molar-refractivity contribution in [3.05, 3.63) is 23.4 Å². The highest BCUT2D eigenvalue weighted by atomic mass is 16.2. The van der Waals surface area contributed by atoms with Crippen LogP contribution in [0.15, 0.2) is 12.1 Å². The lowest BCUT2D eigenvalue weighted by atomic mass is 10.1. The Balaban J connectivity index is 2.18. The van der Waals surface area contributed by atoms with E-state index in [0.717, 1.165) is 56.0 Å². The molecule has 4 nitrogen and oxygen atoms in total. The first-order valence-corrected chi connectivity index (χ1v) is 7.68. The maximum atomic E-state index is 12.6. The van der Waals surface area contributed by atoms with Gasteiger partial charge in [-0.15, -0.1) is 0 Å². The molecular formula is C16H25N3O. The lowest BCUT2D eigenvalue weighted by Crippen LogP contribution is -2.28. The number of nitrogens with one attached hydrogen (secondary N) is 1. The molecule has 1 aliphatic rings. The monoisotopic (exact) mass is 275 g/mol. The number of likely N-dealkylation sites (tertiary alicyclic amines) is 1. The molecule has 1 aromatic heterocycles. The summed E-state index contributed by atoms with van der Waals surface area (Å²) in [6.07, 6.45) is 3.00. The van der Waals surface area contributed by atoms with Crippen LogP contribution in [0.25, 0.3) is 0 Å². The molecule has 1 fully saturated rings. The van der Waals surface area contributed by atoms with Gasteiger partial charge in [0.05, 0.1) is 0 Å². The summed E-state index contributed by atoms with van der Waals surface area (Å²) in [7, 11) is 0. The summed E-state index contributed by atoms with van der Waals surface area (Å²) in [5, 5.41) is 3.28. The summed E-state index contributed by atoms with van der Waals surface area (Å²) in [5.74, 6) is 1.58. The van der Waals surface area contributed by atoms with Crippen molar-refractivity contribution in [3.8, 4) is 0 Å². The number of carbonyl (C=O) groups excluding carboxylic acids is 1. The molecule has 1 aromatic rings. The fraction of sp³-hybridized carbons (Fsp3) is 0.625. The van der Waals surface area contributed by atoms with Gasteiger partial charge in [0.25, 0.3) is 5.91 Å². The Labute approximate surface area is 121 Å². The highest BCUT2D eigenvalue weighted by Gasteiger charge is 2.24. The van der Waals surface area contributed by atoms with E-state index < -0.39 is 0 Å². The Hall–Kier alpha value is -1.58. The molecule has 1 aliphatic heterocycles. The van der Waals surface area contributed by atoms with Crippen LogP contribution in [-0.4, -0.2) is 35.4 Å². The molecule has 20 heavy (non-hydrogen) atoms. The van der Waals surface area contributed by atoms with Crippen LogP contribution in [0.3, 0.4) is 0 Å². The van der Waals surface area contributed by atoms with Gasteiger partial charge >= 0.3 is 0 Å². The van der Waals surface area contributed by atoms with E-state index in [1.54, 1.807) is 0 Å². The van der Waals surface area contributed by atoms with Gasteiger partial charge in [0.1, 0.15) is 5.82 Å². The van der Waals surface area contributed by atoms with Crippen LogP contribution < -0.4 is 5.32 Å². The van der Waals surface area contributed by atoms with Gasteiger partial charge in [-0.1, -0.05) is 20.8 Å². The predicted molar refractivity (Wildman–Crippen MR) is 82.1 cm³/mol. The smallest absolute Gasteiger partial charge is 0.254 e. The average Bonchev–Trinajstić information content (AvgIpc) is 2.90. The normalized spacial score (nSPS) is 18.4. The van der Waals surface area contributed by atoms with E-state index >= 15 is 0 Å². The van der Waals surface area contributed by atoms with E-state index in [4.69, 9.17) is 0 Å². The zero-order valence-corrected chi connectivity index (χ0v) is 12.8. The lowest BCUT2D eigenvalue weighted by molar-refractivity contribution is 0.0788. The summed E-state index contributed by atoms with van der Waals surface area (Å²) in [5.41, 5.74) is 1.74. The molecule has 1 unspecified atom stereocenters. The third-order valence-corrected chi connectivity index (χ3v) is 3.75. The van der Waals surface area contributed by atoms with Crippen LogP contribution in [0.4, 0.5) is 5.82 Å². The van der Waals surface area contributed by atoms with Gasteiger partial charge < -0.3 is 10.2 Å². The highest BCUT2D eigenvalue weighted by molar-refractivity contribution is 5.95. The quantitative estimate of drug-likeness (QED) is 0.898. The largest absolute Gasteiger partial charge is 0.370 e. The number of rotatable bonds is 5. The number of amides is 1. The van der Waals surface area contributed by atoms with Crippen LogP contribution in [0.1, 0.15) is 49.7 Å². The topological polar surface area (TPSA) is 45.2 Å². The van der Waals surface area contributed by atoms with E-state index in [0.29, 0.717) is 5.92 Å². The van der Waals surface area contributed by atoms with Gasteiger partial charge in [-0.05, 0) is 37.3 Å². The number of nitrogens with zero attached hydrogens (tertiary/aromatic N) is 2. The third-order valence-electron chi connectivity index (χ3n) is 3.75. The van der Waals surface area contributed by atoms with Crippen LogP contribution >= 0.6 is 0 Å². The van der Waals surface area contributed by atoms with Gasteiger partial charge in [0, 0.05) is 30.9 Å². The van der Waals surface area contributed by atoms with E-state index in [9.17, 15) is 4.79 Å². The lowest BCUT2D eigenvalue weighted by Gasteiger charge is -2.17. The minimum absolute atomic E-state index is 0.144. The number of hydrogen-bond donors (Lipinski definition) is 1. The number of aromatic nitrogens is 1. The van der Waals surface area contributed by atoms with Crippen molar-refractivity contribution in [3.63, 3.8) is 0 Å². The molecule has 0 aromatic carbocycles. The molecule has 2 rings (SSSR count). The standard InChI is InChI=1S/C16H25N3O/c1-4-7-17-15-10-13(9-14(5-2)18-15)16(20)19-8-6-12(3)11-19/h9-10,12H,4-8,11H2,1-3H3,(H,17,18). The Morgan fingerprint density at radius 2 is 2.25 bits per heavy atom. The number of hydrogen-bond acceptors (Lipinski definition) is 3. The van der Waals surface area contributed by atoms with Crippen molar-refractivity contribution in [2.24, 2.45) is 5.92 Å². The Kier molecular flexibility index (Phi) is 4.99. The van der Waals surface area contributed by atoms with E-state index in [1.807, 2.05) is 17.0 Å². The van der Waals surface area contributed by atoms with Crippen molar-refractivity contribution >= 4 is 11.7 Å². The van der Waals surface area contributed by atoms with Crippen LogP contribution in [-0.2, 0) is 6.42 Å². The molecule has 4 heteroatoms. The zero-order valence-electron chi connectivity index (χ0n) is 12.8. The van der Waals surface area contributed by atoms with E-state index in [1.165, 1.54) is 0 Å². The molecule has 1 saturated heterocycles. The van der Waals surface area contributed by atoms with Crippen molar-refractivity contribution < 1.29 is 4.79 Å². The second-order valence-electron chi connectivity index (χ2n) is 5.66. The number of pyridine rings is 1. The van der Waals surface area contributed by atoms with Gasteiger partial charge in [0.2, 0.25) is 0 Å². The molecule has 0 radical (unpaired) electrons. The fourth-order valence-electron chi connectivity index (χ4n) is 2.54. The van der Waals surface area contributed by atoms with E-state index in [-0.39, 0.29) is 5.91 Å². The van der Waals surface area contributed by atoms with Crippen LogP contribution in [0, 0.1) is 5.92 Å². The van der Waals surface area contributed by atoms with Crippen molar-refractivity contribution in [1.29, 1.82) is 0 Å². The first kappa shape index (κ1) is 14.8. The summed E-state index contributed by atoms with van der Waals surface area (Å²) in [4.78, 5) is 19.0. The molecule has 0 bridgehead atoms. The van der Waals surface area contributed by atoms with Crippen LogP contribution in [0.2, 0.25) is 0 Å². The Morgan fingerprint density at radius 3 is 2.85 bits per heavy atom. The summed E-state index contributed by atoms with van der Waals surface area (Å²) in [6.45, 7) is 9.02. The fourth-order valence-corrected chi connectivity index (χ4v) is 2.54. The minimum Gasteiger partial charge on any atom is -0.370 e. The van der Waals surface area contributed by atoms with Gasteiger partial charge in [-0.3, -0.25) is 4.79 Å². The molecule has 2 heterocycles. The SMILES string of the molecule is CCCNc1cc(C(=O)N2CCC(C)C2)cc(CC)n1. The molecule has 110 valence electrons. The first-order valence-electron chi connectivity index (χ1n) is 7.68. The average molecular weight is 275 g/mol. The van der Waals surface area contributed by atoms with Crippen molar-refractivity contribution in [1.82, 2.24) is 9.88 Å². The highest BCUT2D eigenvalue weighted by Crippen LogP contribution is 2.20. The Bertz CT molecular complexity index is 473. The van der Waals surface area contributed by atoms with Gasteiger partial charge in [0.15, 0.2) is 0 Å². The summed E-state index contributed by atoms with van der Waals surface area (Å²) < 4.78 is 0. The first-order chi connectivity index (χ1) is 9.63. The number of carbonyl (C=O) groups is 1. The molecule has 1 amide bonds. The maximum absolute atomic E-state index is 12.6. The molecule has 0 saturated carbocycles. The molecule has 1 atom stereocenters. The van der Waals surface area contributed by atoms with Gasteiger partial charge in [-0.25, -0.2) is 4.98 Å². The molecular weight excluding hydrogens is 250 g/mol. The molecule has 1 N–H and O–H groups in total. The summed E-state index contributed by atoms with van der Waals surface area (Å²) in [6, 6.07) is 3.82. The predicted octanol–water partition coefficient (Wildman–Crippen LogP) is 2.95.